The van der Waals surface area contributed by atoms with Gasteiger partial charge in [-0.25, -0.2) is 4.79 Å². The van der Waals surface area contributed by atoms with E-state index < -0.39 is 5.97 Å². The number of thioether (sulfide) groups is 1. The van der Waals surface area contributed by atoms with Crippen molar-refractivity contribution in [3.8, 4) is 11.5 Å². The molecule has 8 heteroatoms. The summed E-state index contributed by atoms with van der Waals surface area (Å²) in [5, 5.41) is 9.28. The molecule has 6 nitrogen and oxygen atoms in total. The van der Waals surface area contributed by atoms with Crippen molar-refractivity contribution in [1.82, 2.24) is 0 Å². The molecule has 0 aliphatic carbocycles. The average molecular weight is 534 g/mol. The summed E-state index contributed by atoms with van der Waals surface area (Å²) < 4.78 is 12.1. The molecule has 1 atom stereocenters. The van der Waals surface area contributed by atoms with Gasteiger partial charge in [-0.1, -0.05) is 74.2 Å². The van der Waals surface area contributed by atoms with Gasteiger partial charge in [0.1, 0.15) is 24.7 Å². The Kier molecular flexibility index (Phi) is 8.63. The van der Waals surface area contributed by atoms with Crippen LogP contribution in [0, 0.1) is 0 Å². The number of thiocarbonyl (C=S) groups is 1. The lowest BCUT2D eigenvalue weighted by atomic mass is 9.99. The third kappa shape index (κ3) is 6.39. The van der Waals surface area contributed by atoms with E-state index in [1.54, 1.807) is 18.2 Å². The third-order valence-corrected chi connectivity index (χ3v) is 7.32. The molecule has 0 radical (unpaired) electrons. The summed E-state index contributed by atoms with van der Waals surface area (Å²) in [5.74, 6) is 0.553. The Morgan fingerprint density at radius 2 is 1.78 bits per heavy atom. The van der Waals surface area contributed by atoms with Crippen LogP contribution in [0.2, 0.25) is 0 Å². The Labute approximate surface area is 225 Å². The maximum absolute atomic E-state index is 13.2. The number of ether oxygens (including phenoxy) is 2. The SMILES string of the molecule is CC[C@@H](C)c1ccc(OCCOc2ccccc2/C=C2\SC(=S)N(c3cccc(C(=O)O)c3)C2=O)cc1. The predicted molar refractivity (Wildman–Crippen MR) is 152 cm³/mol. The molecule has 0 saturated carbocycles. The molecule has 0 spiro atoms. The number of rotatable bonds is 10. The van der Waals surface area contributed by atoms with Gasteiger partial charge in [-0.3, -0.25) is 9.69 Å². The summed E-state index contributed by atoms with van der Waals surface area (Å²) in [6, 6.07) is 21.7. The largest absolute Gasteiger partial charge is 0.490 e. The maximum Gasteiger partial charge on any atom is 0.335 e. The van der Waals surface area contributed by atoms with E-state index in [0.29, 0.717) is 39.8 Å². The highest BCUT2D eigenvalue weighted by atomic mass is 32.2. The zero-order valence-electron chi connectivity index (χ0n) is 20.5. The number of hydrogen-bond acceptors (Lipinski definition) is 6. The van der Waals surface area contributed by atoms with Gasteiger partial charge in [0.2, 0.25) is 0 Å². The summed E-state index contributed by atoms with van der Waals surface area (Å²) >= 11 is 6.59. The quantitative estimate of drug-likeness (QED) is 0.175. The molecule has 1 fully saturated rings. The Hall–Kier alpha value is -3.62. The highest BCUT2D eigenvalue weighted by molar-refractivity contribution is 8.27. The molecule has 1 aliphatic rings. The van der Waals surface area contributed by atoms with Gasteiger partial charge in [0.15, 0.2) is 4.32 Å². The van der Waals surface area contributed by atoms with Crippen LogP contribution in [0.1, 0.15) is 47.7 Å². The van der Waals surface area contributed by atoms with Crippen LogP contribution in [0.15, 0.2) is 77.7 Å². The summed E-state index contributed by atoms with van der Waals surface area (Å²) in [7, 11) is 0. The van der Waals surface area contributed by atoms with Gasteiger partial charge in [0.25, 0.3) is 5.91 Å². The number of carboxylic acid groups (broad SMARTS) is 1. The molecule has 0 bridgehead atoms. The lowest BCUT2D eigenvalue weighted by Gasteiger charge is -2.15. The first-order valence-corrected chi connectivity index (χ1v) is 13.2. The van der Waals surface area contributed by atoms with E-state index in [-0.39, 0.29) is 11.5 Å². The van der Waals surface area contributed by atoms with E-state index in [1.807, 2.05) is 36.4 Å². The number of aromatic carboxylic acids is 1. The smallest absolute Gasteiger partial charge is 0.335 e. The van der Waals surface area contributed by atoms with Crippen molar-refractivity contribution in [2.45, 2.75) is 26.2 Å². The van der Waals surface area contributed by atoms with Crippen LogP contribution in [-0.2, 0) is 4.79 Å². The van der Waals surface area contributed by atoms with Crippen molar-refractivity contribution < 1.29 is 24.2 Å². The van der Waals surface area contributed by atoms with E-state index in [9.17, 15) is 14.7 Å². The Bertz CT molecular complexity index is 1340. The normalized spacial score (nSPS) is 15.2. The van der Waals surface area contributed by atoms with Crippen LogP contribution in [0.3, 0.4) is 0 Å². The fourth-order valence-corrected chi connectivity index (χ4v) is 5.07. The summed E-state index contributed by atoms with van der Waals surface area (Å²) in [6.45, 7) is 5.09. The predicted octanol–water partition coefficient (Wildman–Crippen LogP) is 6.76. The molecule has 1 heterocycles. The first kappa shape index (κ1) is 26.4. The number of para-hydroxylation sites is 1. The van der Waals surface area contributed by atoms with E-state index in [0.717, 1.165) is 17.7 Å². The minimum atomic E-state index is -1.07. The maximum atomic E-state index is 13.2. The first-order valence-electron chi connectivity index (χ1n) is 11.9. The van der Waals surface area contributed by atoms with Crippen LogP contribution in [-0.4, -0.2) is 34.5 Å². The van der Waals surface area contributed by atoms with Gasteiger partial charge in [0, 0.05) is 5.56 Å². The van der Waals surface area contributed by atoms with Gasteiger partial charge in [-0.15, -0.1) is 0 Å². The molecule has 1 saturated heterocycles. The van der Waals surface area contributed by atoms with Crippen LogP contribution >= 0.6 is 24.0 Å². The zero-order chi connectivity index (χ0) is 26.4. The summed E-state index contributed by atoms with van der Waals surface area (Å²) in [5.41, 5.74) is 2.54. The van der Waals surface area contributed by atoms with Crippen molar-refractivity contribution in [3.05, 3.63) is 94.4 Å². The van der Waals surface area contributed by atoms with Gasteiger partial charge in [-0.2, -0.15) is 0 Å². The minimum absolute atomic E-state index is 0.0861. The van der Waals surface area contributed by atoms with E-state index in [2.05, 4.69) is 26.0 Å². The minimum Gasteiger partial charge on any atom is -0.490 e. The molecule has 4 rings (SSSR count). The Morgan fingerprint density at radius 3 is 2.51 bits per heavy atom. The molecule has 3 aromatic rings. The number of amides is 1. The lowest BCUT2D eigenvalue weighted by molar-refractivity contribution is -0.113. The fourth-order valence-electron chi connectivity index (χ4n) is 3.78. The molecule has 1 N–H and O–H groups in total. The molecule has 1 amide bonds. The molecule has 1 aliphatic heterocycles. The standard InChI is InChI=1S/C29H27NO5S2/c1-3-19(2)20-11-13-24(14-12-20)34-15-16-35-25-10-5-4-7-21(25)18-26-27(31)30(29(36)37-26)23-9-6-8-22(17-23)28(32)33/h4-14,17-19H,3,15-16H2,1-2H3,(H,32,33)/b26-18-/t19-/m1/s1. The van der Waals surface area contributed by atoms with Crippen LogP contribution in [0.25, 0.3) is 6.08 Å². The van der Waals surface area contributed by atoms with Crippen molar-refractivity contribution in [2.24, 2.45) is 0 Å². The highest BCUT2D eigenvalue weighted by Crippen LogP contribution is 2.37. The number of carbonyl (C=O) groups is 2. The average Bonchev–Trinajstić information content (AvgIpc) is 3.19. The lowest BCUT2D eigenvalue weighted by Crippen LogP contribution is -2.27. The van der Waals surface area contributed by atoms with Gasteiger partial charge < -0.3 is 14.6 Å². The van der Waals surface area contributed by atoms with Crippen LogP contribution < -0.4 is 14.4 Å². The second kappa shape index (κ2) is 12.1. The second-order valence-electron chi connectivity index (χ2n) is 8.49. The Balaban J connectivity index is 1.41. The van der Waals surface area contributed by atoms with Crippen molar-refractivity contribution >= 4 is 51.9 Å². The summed E-state index contributed by atoms with van der Waals surface area (Å²) in [6.07, 6.45) is 2.83. The number of nitrogens with zero attached hydrogens (tertiary/aromatic N) is 1. The third-order valence-electron chi connectivity index (χ3n) is 6.02. The summed E-state index contributed by atoms with van der Waals surface area (Å²) in [4.78, 5) is 26.3. The van der Waals surface area contributed by atoms with Crippen molar-refractivity contribution in [1.29, 1.82) is 0 Å². The molecular weight excluding hydrogens is 506 g/mol. The number of carbonyl (C=O) groups excluding carboxylic acids is 1. The van der Waals surface area contributed by atoms with Crippen LogP contribution in [0.5, 0.6) is 11.5 Å². The topological polar surface area (TPSA) is 76.1 Å². The fraction of sp³-hybridized carbons (Fsp3) is 0.207. The Morgan fingerprint density at radius 1 is 1.05 bits per heavy atom. The number of carboxylic acids is 1. The number of hydrogen-bond donors (Lipinski definition) is 1. The first-order chi connectivity index (χ1) is 17.9. The highest BCUT2D eigenvalue weighted by Gasteiger charge is 2.33. The van der Waals surface area contributed by atoms with Gasteiger partial charge >= 0.3 is 5.97 Å². The molecule has 0 aromatic heterocycles. The van der Waals surface area contributed by atoms with E-state index >= 15 is 0 Å². The van der Waals surface area contributed by atoms with Crippen LogP contribution in [0.4, 0.5) is 5.69 Å². The van der Waals surface area contributed by atoms with Gasteiger partial charge in [-0.05, 0) is 60.4 Å². The van der Waals surface area contributed by atoms with E-state index in [4.69, 9.17) is 21.7 Å². The monoisotopic (exact) mass is 533 g/mol. The number of benzene rings is 3. The van der Waals surface area contributed by atoms with Crippen molar-refractivity contribution in [2.75, 3.05) is 18.1 Å². The zero-order valence-corrected chi connectivity index (χ0v) is 22.2. The molecule has 37 heavy (non-hydrogen) atoms. The molecule has 3 aromatic carbocycles. The van der Waals surface area contributed by atoms with Gasteiger partial charge in [0.05, 0.1) is 16.2 Å². The van der Waals surface area contributed by atoms with E-state index in [1.165, 1.54) is 34.4 Å². The molecule has 190 valence electrons. The number of anilines is 1. The molecule has 0 unspecified atom stereocenters. The van der Waals surface area contributed by atoms with Crippen molar-refractivity contribution in [3.63, 3.8) is 0 Å². The second-order valence-corrected chi connectivity index (χ2v) is 10.2. The molecular formula is C29H27NO5S2.